The zero-order chi connectivity index (χ0) is 34.8. The van der Waals surface area contributed by atoms with E-state index in [1.54, 1.807) is 26.4 Å². The lowest BCUT2D eigenvalue weighted by molar-refractivity contribution is -0.436. The Morgan fingerprint density at radius 3 is 1.92 bits per heavy atom. The quantitative estimate of drug-likeness (QED) is 0.159. The van der Waals surface area contributed by atoms with E-state index >= 15 is 0 Å². The van der Waals surface area contributed by atoms with Crippen LogP contribution in [0.25, 0.3) is 0 Å². The number of carboxylic acid groups (broad SMARTS) is 2. The van der Waals surface area contributed by atoms with E-state index < -0.39 is 22.9 Å². The third-order valence-corrected chi connectivity index (χ3v) is 9.84. The van der Waals surface area contributed by atoms with Gasteiger partial charge in [-0.1, -0.05) is 66.7 Å². The van der Waals surface area contributed by atoms with Crippen molar-refractivity contribution in [1.29, 1.82) is 0 Å². The van der Waals surface area contributed by atoms with Crippen LogP contribution in [0, 0.1) is 0 Å². The third-order valence-electron chi connectivity index (χ3n) is 9.84. The maximum atomic E-state index is 13.0. The molecule has 250 valence electrons. The number of anilines is 1. The minimum Gasteiger partial charge on any atom is -0.497 e. The van der Waals surface area contributed by atoms with E-state index in [2.05, 4.69) is 42.7 Å². The number of hydrogen-bond donors (Lipinski definition) is 2. The van der Waals surface area contributed by atoms with Crippen LogP contribution >= 0.6 is 0 Å². The Kier molecular flexibility index (Phi) is 9.15. The summed E-state index contributed by atoms with van der Waals surface area (Å²) in [7, 11) is 3.24. The van der Waals surface area contributed by atoms with Gasteiger partial charge >= 0.3 is 12.1 Å². The second-order valence-corrected chi connectivity index (χ2v) is 13.0. The molecule has 8 nitrogen and oxygen atoms in total. The molecule has 4 aromatic carbocycles. The fourth-order valence-corrected chi connectivity index (χ4v) is 7.48. The summed E-state index contributed by atoms with van der Waals surface area (Å²) in [6.07, 6.45) is 5.90. The average Bonchev–Trinajstić information content (AvgIpc) is 3.47. The highest BCUT2D eigenvalue weighted by Crippen LogP contribution is 2.51. The molecule has 49 heavy (non-hydrogen) atoms. The Labute approximate surface area is 286 Å². The molecule has 2 aliphatic heterocycles. The standard InChI is InChI=1S/C41H40N2O6/c1-40(26-28-12-7-5-8-13-28)32-24-30(48-3)18-20-34(32)42(23-22-38(44)45)36(40)16-11-17-37-41(2,27-29-14-9-6-10-15-29)33-25-31(49-4)19-21-35(33)43(37)39(46)47/h5-21,24-25H,22-23,26-27H2,1-4H3,(H-,44,45,46,47)/p+1. The molecule has 0 spiro atoms. The van der Waals surface area contributed by atoms with Crippen LogP contribution in [-0.2, 0) is 28.5 Å². The fraction of sp³-hybridized carbons (Fsp3) is 0.244. The number of carboxylic acids is 1. The van der Waals surface area contributed by atoms with Gasteiger partial charge in [0.1, 0.15) is 17.9 Å². The van der Waals surface area contributed by atoms with E-state index in [0.29, 0.717) is 30.0 Å². The number of nitrogens with zero attached hydrogens (tertiary/aromatic N) is 2. The molecule has 0 saturated carbocycles. The van der Waals surface area contributed by atoms with Gasteiger partial charge in [-0.3, -0.25) is 4.79 Å². The lowest BCUT2D eigenvalue weighted by atomic mass is 9.74. The Hall–Kier alpha value is -5.63. The van der Waals surface area contributed by atoms with Crippen molar-refractivity contribution in [2.24, 2.45) is 0 Å². The van der Waals surface area contributed by atoms with Crippen molar-refractivity contribution in [3.8, 4) is 11.5 Å². The molecule has 2 aliphatic rings. The number of rotatable bonds is 11. The molecule has 8 heteroatoms. The molecule has 2 atom stereocenters. The summed E-state index contributed by atoms with van der Waals surface area (Å²) in [6, 6.07) is 31.7. The van der Waals surface area contributed by atoms with Crippen molar-refractivity contribution in [2.45, 2.75) is 43.9 Å². The number of hydrogen-bond acceptors (Lipinski definition) is 4. The molecule has 2 N–H and O–H groups in total. The van der Waals surface area contributed by atoms with Gasteiger partial charge in [0.25, 0.3) is 0 Å². The Morgan fingerprint density at radius 2 is 1.35 bits per heavy atom. The molecule has 2 heterocycles. The van der Waals surface area contributed by atoms with Gasteiger partial charge in [0, 0.05) is 28.8 Å². The van der Waals surface area contributed by atoms with Gasteiger partial charge in [-0.2, -0.15) is 4.58 Å². The second-order valence-electron chi connectivity index (χ2n) is 13.0. The molecular formula is C41H41N2O6+. The monoisotopic (exact) mass is 657 g/mol. The van der Waals surface area contributed by atoms with Gasteiger partial charge in [-0.25, -0.2) is 9.69 Å². The summed E-state index contributed by atoms with van der Waals surface area (Å²) in [4.78, 5) is 26.2. The summed E-state index contributed by atoms with van der Waals surface area (Å²) < 4.78 is 13.3. The topological polar surface area (TPSA) is 99.3 Å². The lowest BCUT2D eigenvalue weighted by Crippen LogP contribution is -2.34. The van der Waals surface area contributed by atoms with Gasteiger partial charge in [0.05, 0.1) is 25.3 Å². The molecular weight excluding hydrogens is 616 g/mol. The predicted octanol–water partition coefficient (Wildman–Crippen LogP) is 7.92. The number of amides is 1. The van der Waals surface area contributed by atoms with E-state index in [9.17, 15) is 19.8 Å². The zero-order valence-corrected chi connectivity index (χ0v) is 28.2. The highest BCUT2D eigenvalue weighted by Gasteiger charge is 2.49. The maximum Gasteiger partial charge on any atom is 0.416 e. The highest BCUT2D eigenvalue weighted by atomic mass is 16.5. The number of fused-ring (bicyclic) bond motifs is 2. The first kappa shape index (κ1) is 33.3. The molecule has 4 aromatic rings. The molecule has 0 aliphatic carbocycles. The predicted molar refractivity (Wildman–Crippen MR) is 191 cm³/mol. The van der Waals surface area contributed by atoms with Crippen molar-refractivity contribution < 1.29 is 33.9 Å². The number of aliphatic carboxylic acids is 1. The average molecular weight is 658 g/mol. The summed E-state index contributed by atoms with van der Waals surface area (Å²) in [5.41, 5.74) is 5.90. The van der Waals surface area contributed by atoms with Crippen LogP contribution in [0.2, 0.25) is 0 Å². The van der Waals surface area contributed by atoms with Gasteiger partial charge in [-0.15, -0.1) is 0 Å². The van der Waals surface area contributed by atoms with Crippen molar-refractivity contribution in [2.75, 3.05) is 25.7 Å². The number of methoxy groups -OCH3 is 2. The molecule has 1 amide bonds. The molecule has 6 rings (SSSR count). The van der Waals surface area contributed by atoms with Crippen molar-refractivity contribution in [3.63, 3.8) is 0 Å². The van der Waals surface area contributed by atoms with Gasteiger partial charge in [0.15, 0.2) is 12.3 Å². The van der Waals surface area contributed by atoms with Crippen LogP contribution in [0.3, 0.4) is 0 Å². The van der Waals surface area contributed by atoms with E-state index in [1.807, 2.05) is 78.9 Å². The van der Waals surface area contributed by atoms with Crippen LogP contribution in [0.4, 0.5) is 16.2 Å². The van der Waals surface area contributed by atoms with Crippen molar-refractivity contribution >= 4 is 29.1 Å². The second kappa shape index (κ2) is 13.5. The normalized spacial score (nSPS) is 20.5. The van der Waals surface area contributed by atoms with Gasteiger partial charge in [-0.05, 0) is 79.8 Å². The van der Waals surface area contributed by atoms with Crippen molar-refractivity contribution in [3.05, 3.63) is 143 Å². The van der Waals surface area contributed by atoms with Crippen LogP contribution < -0.4 is 14.4 Å². The van der Waals surface area contributed by atoms with Crippen molar-refractivity contribution in [1.82, 2.24) is 0 Å². The van der Waals surface area contributed by atoms with E-state index in [-0.39, 0.29) is 13.0 Å². The molecule has 0 fully saturated rings. The first-order valence-electron chi connectivity index (χ1n) is 16.3. The Morgan fingerprint density at radius 1 is 0.776 bits per heavy atom. The van der Waals surface area contributed by atoms with E-state index in [4.69, 9.17) is 9.47 Å². The highest BCUT2D eigenvalue weighted by molar-refractivity contribution is 6.04. The molecule has 0 bridgehead atoms. The molecule has 0 aromatic heterocycles. The summed E-state index contributed by atoms with van der Waals surface area (Å²) in [5.74, 6) is 0.488. The first-order chi connectivity index (χ1) is 23.6. The lowest BCUT2D eigenvalue weighted by Gasteiger charge is -2.28. The summed E-state index contributed by atoms with van der Waals surface area (Å²) >= 11 is 0. The van der Waals surface area contributed by atoms with Gasteiger partial charge < -0.3 is 19.7 Å². The van der Waals surface area contributed by atoms with E-state index in [1.165, 1.54) is 4.90 Å². The Balaban J connectivity index is 1.52. The number of ether oxygens (including phenoxy) is 2. The van der Waals surface area contributed by atoms with E-state index in [0.717, 1.165) is 39.4 Å². The fourth-order valence-electron chi connectivity index (χ4n) is 7.48. The van der Waals surface area contributed by atoms with Gasteiger partial charge in [0.2, 0.25) is 5.69 Å². The van der Waals surface area contributed by atoms with Crippen LogP contribution in [0.15, 0.2) is 121 Å². The van der Waals surface area contributed by atoms with Crippen LogP contribution in [-0.4, -0.2) is 53.3 Å². The third kappa shape index (κ3) is 6.22. The maximum absolute atomic E-state index is 13.0. The summed E-state index contributed by atoms with van der Waals surface area (Å²) in [6.45, 7) is 4.52. The molecule has 0 saturated heterocycles. The molecule has 2 unspecified atom stereocenters. The number of carbonyl (C=O) groups is 2. The minimum atomic E-state index is -1.08. The van der Waals surface area contributed by atoms with Crippen LogP contribution in [0.1, 0.15) is 42.5 Å². The zero-order valence-electron chi connectivity index (χ0n) is 28.2. The SMILES string of the molecule is COc1ccc2c(c1)C(C)(Cc1ccccc1)C(/C=C/C=C1\N(C(=O)O)c3ccc(OC)cc3C1(C)Cc1ccccc1)=[N+]2CCC(=O)O. The number of allylic oxidation sites excluding steroid dienone is 4. The van der Waals surface area contributed by atoms with Crippen LogP contribution in [0.5, 0.6) is 11.5 Å². The largest absolute Gasteiger partial charge is 0.497 e. The molecule has 0 radical (unpaired) electrons. The smallest absolute Gasteiger partial charge is 0.416 e. The first-order valence-corrected chi connectivity index (χ1v) is 16.3. The Bertz CT molecular complexity index is 1980. The minimum absolute atomic E-state index is 0.0512. The number of benzene rings is 4. The summed E-state index contributed by atoms with van der Waals surface area (Å²) in [5, 5.41) is 20.3.